The minimum atomic E-state index is -1.23. The molecule has 1 aromatic rings. The Balaban J connectivity index is 2.19. The van der Waals surface area contributed by atoms with Gasteiger partial charge in [-0.1, -0.05) is 19.1 Å². The first kappa shape index (κ1) is 20.9. The number of nitrogens with zero attached hydrogens (tertiary/aromatic N) is 1. The van der Waals surface area contributed by atoms with E-state index in [2.05, 4.69) is 12.2 Å². The zero-order valence-corrected chi connectivity index (χ0v) is 16.7. The normalized spacial score (nSPS) is 17.3. The van der Waals surface area contributed by atoms with Gasteiger partial charge in [-0.25, -0.2) is 4.79 Å². The number of benzene rings is 1. The van der Waals surface area contributed by atoms with Crippen molar-refractivity contribution in [2.24, 2.45) is 5.41 Å². The van der Waals surface area contributed by atoms with Gasteiger partial charge in [0.05, 0.1) is 17.9 Å². The molecule has 0 aliphatic carbocycles. The van der Waals surface area contributed by atoms with E-state index in [0.717, 1.165) is 25.7 Å². The van der Waals surface area contributed by atoms with E-state index in [-0.39, 0.29) is 24.1 Å². The van der Waals surface area contributed by atoms with Gasteiger partial charge in [0.25, 0.3) is 0 Å². The number of esters is 1. The maximum atomic E-state index is 13.1. The molecular weight excluding hydrogens is 344 g/mol. The van der Waals surface area contributed by atoms with E-state index in [0.29, 0.717) is 12.2 Å². The fourth-order valence-corrected chi connectivity index (χ4v) is 3.41. The summed E-state index contributed by atoms with van der Waals surface area (Å²) in [5, 5.41) is 2.76. The van der Waals surface area contributed by atoms with Crippen LogP contribution in [-0.4, -0.2) is 41.9 Å². The first-order valence-corrected chi connectivity index (χ1v) is 9.71. The maximum absolute atomic E-state index is 13.1. The summed E-state index contributed by atoms with van der Waals surface area (Å²) in [6.07, 6.45) is 3.94. The summed E-state index contributed by atoms with van der Waals surface area (Å²) in [7, 11) is 0. The third-order valence-corrected chi connectivity index (χ3v) is 5.13. The number of amides is 2. The number of hydrogen-bond donors (Lipinski definition) is 1. The molecule has 1 heterocycles. The van der Waals surface area contributed by atoms with Crippen molar-refractivity contribution in [2.45, 2.75) is 59.4 Å². The smallest absolute Gasteiger partial charge is 0.340 e. The highest BCUT2D eigenvalue weighted by atomic mass is 16.5. The molecule has 0 bridgehead atoms. The summed E-state index contributed by atoms with van der Waals surface area (Å²) in [4.78, 5) is 40.0. The SMILES string of the molecule is CCOC(=O)c1ccccc1NC(=O)C(C)(C)C(=O)N1CCCCC1CC. The molecule has 0 radical (unpaired) electrons. The second-order valence-corrected chi connectivity index (χ2v) is 7.40. The quantitative estimate of drug-likeness (QED) is 0.609. The van der Waals surface area contributed by atoms with Crippen molar-refractivity contribution in [3.05, 3.63) is 29.8 Å². The maximum Gasteiger partial charge on any atom is 0.340 e. The van der Waals surface area contributed by atoms with E-state index in [9.17, 15) is 14.4 Å². The molecule has 6 nitrogen and oxygen atoms in total. The highest BCUT2D eigenvalue weighted by Crippen LogP contribution is 2.28. The van der Waals surface area contributed by atoms with Crippen LogP contribution in [0.5, 0.6) is 0 Å². The number of rotatable bonds is 6. The molecule has 1 aliphatic heterocycles. The van der Waals surface area contributed by atoms with Crippen molar-refractivity contribution < 1.29 is 19.1 Å². The molecule has 1 unspecified atom stereocenters. The van der Waals surface area contributed by atoms with Crippen LogP contribution in [0.4, 0.5) is 5.69 Å². The van der Waals surface area contributed by atoms with E-state index >= 15 is 0 Å². The average molecular weight is 374 g/mol. The predicted octanol–water partition coefficient (Wildman–Crippen LogP) is 3.62. The Morgan fingerprint density at radius 3 is 2.56 bits per heavy atom. The summed E-state index contributed by atoms with van der Waals surface area (Å²) < 4.78 is 5.04. The number of piperidine rings is 1. The van der Waals surface area contributed by atoms with Gasteiger partial charge in [0.2, 0.25) is 11.8 Å². The summed E-state index contributed by atoms with van der Waals surface area (Å²) in [6, 6.07) is 6.86. The highest BCUT2D eigenvalue weighted by molar-refractivity contribution is 6.11. The molecule has 0 saturated carbocycles. The third-order valence-electron chi connectivity index (χ3n) is 5.13. The number of anilines is 1. The van der Waals surface area contributed by atoms with E-state index < -0.39 is 17.3 Å². The van der Waals surface area contributed by atoms with Crippen LogP contribution < -0.4 is 5.32 Å². The van der Waals surface area contributed by atoms with Gasteiger partial charge in [-0.15, -0.1) is 0 Å². The van der Waals surface area contributed by atoms with Crippen LogP contribution in [0.2, 0.25) is 0 Å². The molecule has 1 N–H and O–H groups in total. The Morgan fingerprint density at radius 2 is 1.89 bits per heavy atom. The van der Waals surface area contributed by atoms with Crippen molar-refractivity contribution in [1.82, 2.24) is 4.90 Å². The molecule has 1 aliphatic rings. The lowest BCUT2D eigenvalue weighted by molar-refractivity contribution is -0.149. The lowest BCUT2D eigenvalue weighted by atomic mass is 9.87. The fraction of sp³-hybridized carbons (Fsp3) is 0.571. The average Bonchev–Trinajstić information content (AvgIpc) is 2.67. The number of carbonyl (C=O) groups is 3. The summed E-state index contributed by atoms with van der Waals surface area (Å²) in [6.45, 7) is 8.01. The summed E-state index contributed by atoms with van der Waals surface area (Å²) in [5.41, 5.74) is -0.597. The predicted molar refractivity (Wildman–Crippen MR) is 104 cm³/mol. The van der Waals surface area contributed by atoms with Crippen molar-refractivity contribution >= 4 is 23.5 Å². The van der Waals surface area contributed by atoms with Gasteiger partial charge in [0.1, 0.15) is 5.41 Å². The first-order chi connectivity index (χ1) is 12.8. The van der Waals surface area contributed by atoms with Crippen LogP contribution in [0, 0.1) is 5.41 Å². The third kappa shape index (κ3) is 4.67. The monoisotopic (exact) mass is 374 g/mol. The minimum Gasteiger partial charge on any atom is -0.462 e. The van der Waals surface area contributed by atoms with E-state index in [1.165, 1.54) is 0 Å². The second-order valence-electron chi connectivity index (χ2n) is 7.40. The standard InChI is InChI=1S/C21H30N2O4/c1-5-15-11-9-10-14-23(15)20(26)21(3,4)19(25)22-17-13-8-7-12-16(17)18(24)27-6-2/h7-8,12-13,15H,5-6,9-11,14H2,1-4H3,(H,22,25). The Morgan fingerprint density at radius 1 is 1.19 bits per heavy atom. The van der Waals surface area contributed by atoms with Crippen LogP contribution in [0.15, 0.2) is 24.3 Å². The van der Waals surface area contributed by atoms with Gasteiger partial charge < -0.3 is 15.0 Å². The Bertz CT molecular complexity index is 699. The van der Waals surface area contributed by atoms with Crippen LogP contribution in [0.25, 0.3) is 0 Å². The molecule has 1 saturated heterocycles. The van der Waals surface area contributed by atoms with Crippen LogP contribution >= 0.6 is 0 Å². The van der Waals surface area contributed by atoms with E-state index in [1.807, 2.05) is 4.90 Å². The van der Waals surface area contributed by atoms with Crippen molar-refractivity contribution in [1.29, 1.82) is 0 Å². The number of ether oxygens (including phenoxy) is 1. The molecule has 2 rings (SSSR count). The van der Waals surface area contributed by atoms with Crippen LogP contribution in [-0.2, 0) is 14.3 Å². The van der Waals surface area contributed by atoms with Gasteiger partial charge >= 0.3 is 5.97 Å². The number of likely N-dealkylation sites (tertiary alicyclic amines) is 1. The van der Waals surface area contributed by atoms with Gasteiger partial charge in [-0.3, -0.25) is 9.59 Å². The Labute approximate surface area is 161 Å². The largest absolute Gasteiger partial charge is 0.462 e. The zero-order chi connectivity index (χ0) is 20.0. The molecule has 1 fully saturated rings. The summed E-state index contributed by atoms with van der Waals surface area (Å²) >= 11 is 0. The van der Waals surface area contributed by atoms with Gasteiger partial charge in [-0.2, -0.15) is 0 Å². The topological polar surface area (TPSA) is 75.7 Å². The van der Waals surface area contributed by atoms with E-state index in [4.69, 9.17) is 4.74 Å². The van der Waals surface area contributed by atoms with Crippen molar-refractivity contribution in [3.8, 4) is 0 Å². The van der Waals surface area contributed by atoms with Gasteiger partial charge in [-0.05, 0) is 58.6 Å². The van der Waals surface area contributed by atoms with Gasteiger partial charge in [0, 0.05) is 12.6 Å². The summed E-state index contributed by atoms with van der Waals surface area (Å²) in [5.74, 6) is -1.09. The fourth-order valence-electron chi connectivity index (χ4n) is 3.41. The van der Waals surface area contributed by atoms with Crippen LogP contribution in [0.1, 0.15) is 63.7 Å². The highest BCUT2D eigenvalue weighted by Gasteiger charge is 2.41. The minimum absolute atomic E-state index is 0.167. The number of nitrogens with one attached hydrogen (secondary N) is 1. The number of carbonyl (C=O) groups excluding carboxylic acids is 3. The lowest BCUT2D eigenvalue weighted by Crippen LogP contribution is -2.52. The molecule has 1 aromatic carbocycles. The Hall–Kier alpha value is -2.37. The zero-order valence-electron chi connectivity index (χ0n) is 16.7. The molecule has 27 heavy (non-hydrogen) atoms. The number of para-hydroxylation sites is 1. The number of hydrogen-bond acceptors (Lipinski definition) is 4. The van der Waals surface area contributed by atoms with Gasteiger partial charge in [0.15, 0.2) is 0 Å². The Kier molecular flexibility index (Phi) is 6.99. The molecular formula is C21H30N2O4. The van der Waals surface area contributed by atoms with Crippen molar-refractivity contribution in [2.75, 3.05) is 18.5 Å². The first-order valence-electron chi connectivity index (χ1n) is 9.71. The molecule has 0 aromatic heterocycles. The second kappa shape index (κ2) is 9.02. The molecule has 148 valence electrons. The molecule has 6 heteroatoms. The molecule has 1 atom stereocenters. The van der Waals surface area contributed by atoms with Crippen molar-refractivity contribution in [3.63, 3.8) is 0 Å². The van der Waals surface area contributed by atoms with E-state index in [1.54, 1.807) is 45.0 Å². The molecule has 0 spiro atoms. The molecule has 2 amide bonds. The van der Waals surface area contributed by atoms with Crippen LogP contribution in [0.3, 0.4) is 0 Å². The lowest BCUT2D eigenvalue weighted by Gasteiger charge is -2.39.